The Balaban J connectivity index is 3.50. The van der Waals surface area contributed by atoms with E-state index in [0.29, 0.717) is 3.57 Å². The average Bonchev–Trinajstić information content (AvgIpc) is 2.07. The van der Waals surface area contributed by atoms with Crippen molar-refractivity contribution < 1.29 is 13.6 Å². The molecule has 0 aliphatic heterocycles. The summed E-state index contributed by atoms with van der Waals surface area (Å²) in [5.74, 6) is -0.396. The van der Waals surface area contributed by atoms with E-state index in [1.807, 2.05) is 22.6 Å². The summed E-state index contributed by atoms with van der Waals surface area (Å²) in [6.45, 7) is 1.25. The maximum Gasteiger partial charge on any atom is 0.266 e. The summed E-state index contributed by atoms with van der Waals surface area (Å²) >= 11 is 7.44. The number of rotatable bonds is 2. The Morgan fingerprint density at radius 1 is 1.50 bits per heavy atom. The van der Waals surface area contributed by atoms with Crippen LogP contribution in [0.2, 0.25) is 5.02 Å². The van der Waals surface area contributed by atoms with Gasteiger partial charge >= 0.3 is 0 Å². The maximum absolute atomic E-state index is 12.6. The SMILES string of the molecule is CC(=O)c1c(I)ccc(Cl)c1C(F)F. The normalized spacial score (nSPS) is 10.7. The summed E-state index contributed by atoms with van der Waals surface area (Å²) < 4.78 is 25.7. The van der Waals surface area contributed by atoms with Crippen molar-refractivity contribution in [3.8, 4) is 0 Å². The minimum absolute atomic E-state index is 0.0214. The molecule has 0 aromatic heterocycles. The zero-order chi connectivity index (χ0) is 10.9. The van der Waals surface area contributed by atoms with Gasteiger partial charge in [-0.1, -0.05) is 11.6 Å². The van der Waals surface area contributed by atoms with Crippen LogP contribution in [-0.2, 0) is 0 Å². The number of ketones is 1. The van der Waals surface area contributed by atoms with Gasteiger partial charge in [0.25, 0.3) is 6.43 Å². The first-order chi connectivity index (χ1) is 6.45. The Morgan fingerprint density at radius 2 is 2.07 bits per heavy atom. The zero-order valence-corrected chi connectivity index (χ0v) is 10.1. The van der Waals surface area contributed by atoms with E-state index in [9.17, 15) is 13.6 Å². The van der Waals surface area contributed by atoms with Crippen LogP contribution in [0.1, 0.15) is 29.3 Å². The standard InChI is InChI=1S/C9H6ClF2IO/c1-4(14)7-6(13)3-2-5(10)8(7)9(11)12/h2-3,9H,1H3. The Bertz CT molecular complexity index is 379. The molecule has 0 saturated carbocycles. The van der Waals surface area contributed by atoms with E-state index in [1.165, 1.54) is 13.0 Å². The number of carbonyl (C=O) groups excluding carboxylic acids is 1. The largest absolute Gasteiger partial charge is 0.294 e. The van der Waals surface area contributed by atoms with Gasteiger partial charge in [0.1, 0.15) is 0 Å². The van der Waals surface area contributed by atoms with Crippen molar-refractivity contribution in [1.29, 1.82) is 0 Å². The lowest BCUT2D eigenvalue weighted by molar-refractivity contribution is 0.0998. The van der Waals surface area contributed by atoms with Gasteiger partial charge in [-0.3, -0.25) is 4.79 Å². The lowest BCUT2D eigenvalue weighted by Crippen LogP contribution is -2.04. The number of benzene rings is 1. The Kier molecular flexibility index (Phi) is 3.83. The molecule has 5 heteroatoms. The predicted molar refractivity (Wildman–Crippen MR) is 59.1 cm³/mol. The highest BCUT2D eigenvalue weighted by molar-refractivity contribution is 14.1. The molecule has 1 rings (SSSR count). The summed E-state index contributed by atoms with van der Waals surface area (Å²) in [6, 6.07) is 2.92. The van der Waals surface area contributed by atoms with Crippen molar-refractivity contribution >= 4 is 40.0 Å². The first kappa shape index (κ1) is 11.8. The molecule has 0 saturated heterocycles. The van der Waals surface area contributed by atoms with Crippen LogP contribution < -0.4 is 0 Å². The molecule has 14 heavy (non-hydrogen) atoms. The zero-order valence-electron chi connectivity index (χ0n) is 7.15. The Morgan fingerprint density at radius 3 is 2.43 bits per heavy atom. The van der Waals surface area contributed by atoms with E-state index < -0.39 is 12.2 Å². The molecule has 76 valence electrons. The molecule has 1 aromatic rings. The Labute approximate surface area is 98.6 Å². The van der Waals surface area contributed by atoms with Crippen LogP contribution in [0.25, 0.3) is 0 Å². The summed E-state index contributed by atoms with van der Waals surface area (Å²) in [6.07, 6.45) is -2.73. The van der Waals surface area contributed by atoms with Crippen LogP contribution in [-0.4, -0.2) is 5.78 Å². The van der Waals surface area contributed by atoms with E-state index in [0.717, 1.165) is 0 Å². The molecule has 1 nitrogen and oxygen atoms in total. The molecule has 0 aliphatic carbocycles. The molecular weight excluding hydrogens is 324 g/mol. The molecule has 0 bridgehead atoms. The average molecular weight is 330 g/mol. The van der Waals surface area contributed by atoms with Crippen LogP contribution in [0, 0.1) is 3.57 Å². The lowest BCUT2D eigenvalue weighted by Gasteiger charge is -2.09. The number of hydrogen-bond donors (Lipinski definition) is 0. The number of hydrogen-bond acceptors (Lipinski definition) is 1. The van der Waals surface area contributed by atoms with Crippen molar-refractivity contribution in [1.82, 2.24) is 0 Å². The topological polar surface area (TPSA) is 17.1 Å². The van der Waals surface area contributed by atoms with Gasteiger partial charge < -0.3 is 0 Å². The quantitative estimate of drug-likeness (QED) is 0.590. The smallest absolute Gasteiger partial charge is 0.266 e. The molecule has 0 unspecified atom stereocenters. The summed E-state index contributed by atoms with van der Waals surface area (Å²) in [5, 5.41) is -0.0642. The van der Waals surface area contributed by atoms with E-state index in [4.69, 9.17) is 11.6 Å². The predicted octanol–water partition coefficient (Wildman–Crippen LogP) is 4.08. The second-order valence-electron chi connectivity index (χ2n) is 2.67. The van der Waals surface area contributed by atoms with Gasteiger partial charge in [0.2, 0.25) is 0 Å². The molecule has 0 amide bonds. The molecule has 0 N–H and O–H groups in total. The van der Waals surface area contributed by atoms with Gasteiger partial charge in [0.15, 0.2) is 5.78 Å². The fraction of sp³-hybridized carbons (Fsp3) is 0.222. The van der Waals surface area contributed by atoms with Gasteiger partial charge in [-0.2, -0.15) is 0 Å². The molecule has 1 aromatic carbocycles. The third-order valence-corrected chi connectivity index (χ3v) is 2.94. The Hall–Kier alpha value is -0.230. The first-order valence-electron chi connectivity index (χ1n) is 3.72. The molecule has 0 fully saturated rings. The number of carbonyl (C=O) groups is 1. The van der Waals surface area contributed by atoms with Crippen molar-refractivity contribution in [3.05, 3.63) is 31.9 Å². The van der Waals surface area contributed by atoms with Crippen molar-refractivity contribution in [2.75, 3.05) is 0 Å². The summed E-state index contributed by atoms with van der Waals surface area (Å²) in [4.78, 5) is 11.1. The number of halogens is 4. The molecule has 0 radical (unpaired) electrons. The number of alkyl halides is 2. The molecule has 0 spiro atoms. The highest BCUT2D eigenvalue weighted by Crippen LogP contribution is 2.33. The first-order valence-corrected chi connectivity index (χ1v) is 5.17. The lowest BCUT2D eigenvalue weighted by atomic mass is 10.0. The third kappa shape index (κ3) is 2.23. The van der Waals surface area contributed by atoms with Crippen LogP contribution >= 0.6 is 34.2 Å². The van der Waals surface area contributed by atoms with Crippen molar-refractivity contribution in [3.63, 3.8) is 0 Å². The minimum atomic E-state index is -2.73. The molecule has 0 aliphatic rings. The minimum Gasteiger partial charge on any atom is -0.294 e. The summed E-state index contributed by atoms with van der Waals surface area (Å²) in [7, 11) is 0. The van der Waals surface area contributed by atoms with Gasteiger partial charge in [-0.05, 0) is 41.6 Å². The van der Waals surface area contributed by atoms with Crippen LogP contribution in [0.15, 0.2) is 12.1 Å². The van der Waals surface area contributed by atoms with Gasteiger partial charge in [0.05, 0.1) is 5.02 Å². The van der Waals surface area contributed by atoms with E-state index in [2.05, 4.69) is 0 Å². The second kappa shape index (κ2) is 4.53. The van der Waals surface area contributed by atoms with Crippen LogP contribution in [0.4, 0.5) is 8.78 Å². The molecular formula is C9H6ClF2IO. The monoisotopic (exact) mass is 330 g/mol. The van der Waals surface area contributed by atoms with Gasteiger partial charge in [-0.15, -0.1) is 0 Å². The highest BCUT2D eigenvalue weighted by Gasteiger charge is 2.21. The maximum atomic E-state index is 12.6. The molecule has 0 heterocycles. The van der Waals surface area contributed by atoms with Crippen molar-refractivity contribution in [2.45, 2.75) is 13.3 Å². The number of Topliss-reactive ketones (excluding diaryl/α,β-unsaturated/α-hetero) is 1. The fourth-order valence-corrected chi connectivity index (χ4v) is 2.23. The third-order valence-electron chi connectivity index (χ3n) is 1.71. The molecule has 0 atom stereocenters. The van der Waals surface area contributed by atoms with E-state index in [1.54, 1.807) is 6.07 Å². The van der Waals surface area contributed by atoms with E-state index in [-0.39, 0.29) is 16.1 Å². The van der Waals surface area contributed by atoms with Gasteiger partial charge in [0, 0.05) is 14.7 Å². The van der Waals surface area contributed by atoms with E-state index >= 15 is 0 Å². The van der Waals surface area contributed by atoms with Gasteiger partial charge in [-0.25, -0.2) is 8.78 Å². The van der Waals surface area contributed by atoms with Crippen molar-refractivity contribution in [2.24, 2.45) is 0 Å². The highest BCUT2D eigenvalue weighted by atomic mass is 127. The summed E-state index contributed by atoms with van der Waals surface area (Å²) in [5.41, 5.74) is -0.348. The van der Waals surface area contributed by atoms with Crippen LogP contribution in [0.3, 0.4) is 0 Å². The fourth-order valence-electron chi connectivity index (χ4n) is 1.14. The van der Waals surface area contributed by atoms with Crippen LogP contribution in [0.5, 0.6) is 0 Å². The second-order valence-corrected chi connectivity index (χ2v) is 4.24.